The van der Waals surface area contributed by atoms with Gasteiger partial charge >= 0.3 is 0 Å². The van der Waals surface area contributed by atoms with Crippen LogP contribution in [0.1, 0.15) is 42.4 Å². The molecule has 0 spiro atoms. The van der Waals surface area contributed by atoms with Crippen LogP contribution in [0.25, 0.3) is 0 Å². The summed E-state index contributed by atoms with van der Waals surface area (Å²) in [6.45, 7) is 6.12. The topological polar surface area (TPSA) is 61.9 Å². The van der Waals surface area contributed by atoms with Crippen LogP contribution in [-0.2, 0) is 19.5 Å². The fraction of sp³-hybridized carbons (Fsp3) is 0.438. The normalized spacial score (nSPS) is 15.0. The van der Waals surface area contributed by atoms with Gasteiger partial charge in [0, 0.05) is 36.7 Å². The number of hydrogen-bond donors (Lipinski definition) is 1. The van der Waals surface area contributed by atoms with Crippen LogP contribution in [0.3, 0.4) is 0 Å². The smallest absolute Gasteiger partial charge is 0.254 e. The van der Waals surface area contributed by atoms with Gasteiger partial charge in [-0.25, -0.2) is 9.97 Å². The van der Waals surface area contributed by atoms with Crippen LogP contribution in [0.2, 0.25) is 10.3 Å². The summed E-state index contributed by atoms with van der Waals surface area (Å²) < 4.78 is 0. The lowest BCUT2D eigenvalue weighted by Gasteiger charge is -2.28. The average Bonchev–Trinajstić information content (AvgIpc) is 2.49. The Morgan fingerprint density at radius 2 is 2.09 bits per heavy atom. The second kappa shape index (κ2) is 6.59. The van der Waals surface area contributed by atoms with Crippen molar-refractivity contribution in [3.63, 3.8) is 0 Å². The molecule has 122 valence electrons. The molecule has 0 atom stereocenters. The van der Waals surface area contributed by atoms with Gasteiger partial charge in [0.15, 0.2) is 0 Å². The summed E-state index contributed by atoms with van der Waals surface area (Å²) in [4.78, 5) is 26.0. The molecule has 23 heavy (non-hydrogen) atoms. The lowest BCUT2D eigenvalue weighted by molar-refractivity contribution is 0.239. The van der Waals surface area contributed by atoms with Gasteiger partial charge in [-0.05, 0) is 12.5 Å². The van der Waals surface area contributed by atoms with Gasteiger partial charge in [-0.15, -0.1) is 0 Å². The number of nitrogens with one attached hydrogen (secondary N) is 1. The molecule has 2 aromatic rings. The van der Waals surface area contributed by atoms with Crippen molar-refractivity contribution in [3.05, 3.63) is 55.4 Å². The van der Waals surface area contributed by atoms with Crippen LogP contribution in [0.15, 0.2) is 16.9 Å². The summed E-state index contributed by atoms with van der Waals surface area (Å²) in [5.74, 6) is 0.931. The van der Waals surface area contributed by atoms with Crippen molar-refractivity contribution in [3.8, 4) is 0 Å². The van der Waals surface area contributed by atoms with E-state index in [9.17, 15) is 4.79 Å². The summed E-state index contributed by atoms with van der Waals surface area (Å²) in [6.07, 6.45) is 0.689. The average molecular weight is 353 g/mol. The zero-order valence-corrected chi connectivity index (χ0v) is 14.6. The zero-order valence-electron chi connectivity index (χ0n) is 13.1. The minimum Gasteiger partial charge on any atom is -0.310 e. The Kier molecular flexibility index (Phi) is 4.71. The van der Waals surface area contributed by atoms with E-state index in [0.717, 1.165) is 29.2 Å². The fourth-order valence-electron chi connectivity index (χ4n) is 2.72. The molecule has 0 radical (unpaired) electrons. The third kappa shape index (κ3) is 3.57. The molecule has 0 aromatic carbocycles. The lowest BCUT2D eigenvalue weighted by atomic mass is 10.0. The summed E-state index contributed by atoms with van der Waals surface area (Å²) in [5.41, 5.74) is 2.57. The molecule has 0 amide bonds. The number of rotatable bonds is 3. The predicted molar refractivity (Wildman–Crippen MR) is 91.0 cm³/mol. The van der Waals surface area contributed by atoms with Gasteiger partial charge in [-0.1, -0.05) is 43.1 Å². The number of H-pyrrole nitrogens is 1. The molecule has 1 aliphatic heterocycles. The standard InChI is InChI=1S/C16H18Cl2N4O/c1-9(2)15-19-12-8-22(6-5-11(12)16(23)21-15)7-10-3-4-13(17)20-14(10)18/h3-4,9H,5-8H2,1-2H3,(H,19,21,23). The third-order valence-corrected chi connectivity index (χ3v) is 4.54. The maximum absolute atomic E-state index is 12.2. The highest BCUT2D eigenvalue weighted by atomic mass is 35.5. The molecule has 0 aliphatic carbocycles. The van der Waals surface area contributed by atoms with Crippen molar-refractivity contribution < 1.29 is 0 Å². The molecule has 3 heterocycles. The van der Waals surface area contributed by atoms with E-state index in [2.05, 4.69) is 19.9 Å². The van der Waals surface area contributed by atoms with Gasteiger partial charge in [-0.2, -0.15) is 0 Å². The van der Waals surface area contributed by atoms with Crippen molar-refractivity contribution in [2.45, 2.75) is 39.3 Å². The molecule has 0 unspecified atom stereocenters. The SMILES string of the molecule is CC(C)c1nc2c(c(=O)[nH]1)CCN(Cc1ccc(Cl)nc1Cl)C2. The van der Waals surface area contributed by atoms with Gasteiger partial charge in [0.25, 0.3) is 5.56 Å². The quantitative estimate of drug-likeness (QED) is 0.861. The van der Waals surface area contributed by atoms with Crippen LogP contribution in [0.5, 0.6) is 0 Å². The van der Waals surface area contributed by atoms with E-state index in [1.54, 1.807) is 6.07 Å². The van der Waals surface area contributed by atoms with Gasteiger partial charge in [0.05, 0.1) is 5.69 Å². The second-order valence-corrected chi connectivity index (χ2v) is 6.82. The van der Waals surface area contributed by atoms with Gasteiger partial charge in [0.1, 0.15) is 16.1 Å². The molecule has 2 aromatic heterocycles. The Morgan fingerprint density at radius 1 is 1.30 bits per heavy atom. The van der Waals surface area contributed by atoms with E-state index in [-0.39, 0.29) is 11.5 Å². The summed E-state index contributed by atoms with van der Waals surface area (Å²) in [7, 11) is 0. The minimum absolute atomic E-state index is 0.00968. The zero-order chi connectivity index (χ0) is 16.6. The van der Waals surface area contributed by atoms with Gasteiger partial charge < -0.3 is 4.98 Å². The van der Waals surface area contributed by atoms with Crippen molar-refractivity contribution >= 4 is 23.2 Å². The maximum atomic E-state index is 12.2. The van der Waals surface area contributed by atoms with Crippen LogP contribution >= 0.6 is 23.2 Å². The van der Waals surface area contributed by atoms with Crippen LogP contribution < -0.4 is 5.56 Å². The molecule has 0 saturated heterocycles. The van der Waals surface area contributed by atoms with Crippen LogP contribution in [-0.4, -0.2) is 26.4 Å². The minimum atomic E-state index is -0.00968. The van der Waals surface area contributed by atoms with Gasteiger partial charge in [-0.3, -0.25) is 9.69 Å². The van der Waals surface area contributed by atoms with E-state index < -0.39 is 0 Å². The Morgan fingerprint density at radius 3 is 2.78 bits per heavy atom. The fourth-order valence-corrected chi connectivity index (χ4v) is 3.13. The molecule has 0 fully saturated rings. The molecule has 0 saturated carbocycles. The first-order valence-electron chi connectivity index (χ1n) is 7.59. The van der Waals surface area contributed by atoms with Crippen LogP contribution in [0.4, 0.5) is 0 Å². The molecule has 7 heteroatoms. The van der Waals surface area contributed by atoms with E-state index >= 15 is 0 Å². The predicted octanol–water partition coefficient (Wildman–Crippen LogP) is 3.15. The first kappa shape index (κ1) is 16.4. The van der Waals surface area contributed by atoms with E-state index in [0.29, 0.717) is 29.8 Å². The van der Waals surface area contributed by atoms with Crippen molar-refractivity contribution in [2.24, 2.45) is 0 Å². The molecule has 5 nitrogen and oxygen atoms in total. The van der Waals surface area contributed by atoms with Crippen molar-refractivity contribution in [1.82, 2.24) is 19.9 Å². The number of pyridine rings is 1. The molecular weight excluding hydrogens is 335 g/mol. The first-order valence-corrected chi connectivity index (χ1v) is 8.35. The number of nitrogens with zero attached hydrogens (tertiary/aromatic N) is 3. The summed E-state index contributed by atoms with van der Waals surface area (Å²) >= 11 is 12.0. The highest BCUT2D eigenvalue weighted by Crippen LogP contribution is 2.22. The number of halogens is 2. The molecular formula is C16H18Cl2N4O. The Balaban J connectivity index is 1.83. The Hall–Kier alpha value is -1.43. The van der Waals surface area contributed by atoms with Crippen molar-refractivity contribution in [2.75, 3.05) is 6.54 Å². The summed E-state index contributed by atoms with van der Waals surface area (Å²) in [5, 5.41) is 0.808. The van der Waals surface area contributed by atoms with E-state index in [4.69, 9.17) is 23.2 Å². The molecule has 3 rings (SSSR count). The monoisotopic (exact) mass is 352 g/mol. The first-order chi connectivity index (χ1) is 10.9. The van der Waals surface area contributed by atoms with Gasteiger partial charge in [0.2, 0.25) is 0 Å². The number of aromatic amines is 1. The highest BCUT2D eigenvalue weighted by molar-refractivity contribution is 6.32. The number of fused-ring (bicyclic) bond motifs is 1. The third-order valence-electron chi connectivity index (χ3n) is 4.00. The molecule has 0 bridgehead atoms. The summed E-state index contributed by atoms with van der Waals surface area (Å²) in [6, 6.07) is 3.62. The largest absolute Gasteiger partial charge is 0.310 e. The highest BCUT2D eigenvalue weighted by Gasteiger charge is 2.22. The van der Waals surface area contributed by atoms with Crippen molar-refractivity contribution in [1.29, 1.82) is 0 Å². The Labute approximate surface area is 144 Å². The van der Waals surface area contributed by atoms with Crippen LogP contribution in [0, 0.1) is 0 Å². The lowest BCUT2D eigenvalue weighted by Crippen LogP contribution is -2.35. The maximum Gasteiger partial charge on any atom is 0.254 e. The number of aromatic nitrogens is 3. The van der Waals surface area contributed by atoms with E-state index in [1.165, 1.54) is 0 Å². The second-order valence-electron chi connectivity index (χ2n) is 6.08. The number of hydrogen-bond acceptors (Lipinski definition) is 4. The molecule has 1 aliphatic rings. The Bertz CT molecular complexity index is 788. The van der Waals surface area contributed by atoms with E-state index in [1.807, 2.05) is 19.9 Å². The molecule has 1 N–H and O–H groups in total.